The van der Waals surface area contributed by atoms with Crippen LogP contribution in [-0.2, 0) is 14.3 Å². The van der Waals surface area contributed by atoms with Gasteiger partial charge in [0.05, 0.1) is 19.1 Å². The molecule has 0 saturated carbocycles. The van der Waals surface area contributed by atoms with Gasteiger partial charge >= 0.3 is 5.97 Å². The molecule has 114 valence electrons. The molecule has 0 aromatic heterocycles. The van der Waals surface area contributed by atoms with E-state index in [4.69, 9.17) is 4.74 Å². The highest BCUT2D eigenvalue weighted by atomic mass is 16.5. The summed E-state index contributed by atoms with van der Waals surface area (Å²) in [6.45, 7) is 3.91. The van der Waals surface area contributed by atoms with Crippen molar-refractivity contribution >= 4 is 11.9 Å². The maximum atomic E-state index is 12.2. The highest BCUT2D eigenvalue weighted by molar-refractivity contribution is 5.79. The first-order valence-corrected chi connectivity index (χ1v) is 7.48. The Bertz CT molecular complexity index is 500. The molecular weight excluding hydrogens is 266 g/mol. The molecule has 21 heavy (non-hydrogen) atoms. The van der Waals surface area contributed by atoms with E-state index in [9.17, 15) is 9.59 Å². The molecule has 3 atom stereocenters. The highest BCUT2D eigenvalue weighted by Gasteiger charge is 2.36. The summed E-state index contributed by atoms with van der Waals surface area (Å²) in [5, 5.41) is 0. The number of rotatable bonds is 5. The van der Waals surface area contributed by atoms with Crippen LogP contribution in [0.2, 0.25) is 0 Å². The van der Waals surface area contributed by atoms with E-state index < -0.39 is 0 Å². The van der Waals surface area contributed by atoms with E-state index in [0.29, 0.717) is 12.8 Å². The first-order valence-electron chi connectivity index (χ1n) is 7.48. The Kier molecular flexibility index (Phi) is 4.99. The molecule has 0 N–H and O–H groups in total. The summed E-state index contributed by atoms with van der Waals surface area (Å²) in [7, 11) is 1.41. The van der Waals surface area contributed by atoms with Crippen LogP contribution in [0.5, 0.6) is 0 Å². The fourth-order valence-electron chi connectivity index (χ4n) is 3.12. The van der Waals surface area contributed by atoms with E-state index in [2.05, 4.69) is 0 Å². The maximum Gasteiger partial charge on any atom is 0.308 e. The normalized spacial score (nSPS) is 21.2. The van der Waals surface area contributed by atoms with Crippen LogP contribution in [0, 0.1) is 5.92 Å². The van der Waals surface area contributed by atoms with Gasteiger partial charge in [0.25, 0.3) is 0 Å². The number of likely N-dealkylation sites (tertiary alicyclic amines) is 1. The molecule has 0 unspecified atom stereocenters. The SMILES string of the molecule is COC(=O)[C@@H](C)C[C@@H]1CCC(=O)N1[C@@H](C)c1ccccc1. The third kappa shape index (κ3) is 3.43. The molecule has 1 aliphatic rings. The molecule has 1 heterocycles. The molecule has 2 rings (SSSR count). The Balaban J connectivity index is 2.12. The van der Waals surface area contributed by atoms with E-state index in [-0.39, 0.29) is 29.9 Å². The summed E-state index contributed by atoms with van der Waals surface area (Å²) >= 11 is 0. The summed E-state index contributed by atoms with van der Waals surface area (Å²) in [4.78, 5) is 25.8. The van der Waals surface area contributed by atoms with Crippen molar-refractivity contribution in [3.63, 3.8) is 0 Å². The number of esters is 1. The second kappa shape index (κ2) is 6.74. The minimum atomic E-state index is -0.207. The molecule has 1 amide bonds. The van der Waals surface area contributed by atoms with Gasteiger partial charge in [0.1, 0.15) is 0 Å². The van der Waals surface area contributed by atoms with Crippen LogP contribution in [0.4, 0.5) is 0 Å². The van der Waals surface area contributed by atoms with Crippen molar-refractivity contribution < 1.29 is 14.3 Å². The van der Waals surface area contributed by atoms with Gasteiger partial charge < -0.3 is 9.64 Å². The van der Waals surface area contributed by atoms with Crippen LogP contribution >= 0.6 is 0 Å². The van der Waals surface area contributed by atoms with Crippen LogP contribution in [-0.4, -0.2) is 29.9 Å². The Morgan fingerprint density at radius 3 is 2.62 bits per heavy atom. The molecule has 1 fully saturated rings. The zero-order valence-electron chi connectivity index (χ0n) is 12.9. The van der Waals surface area contributed by atoms with Gasteiger partial charge in [-0.3, -0.25) is 9.59 Å². The lowest BCUT2D eigenvalue weighted by Gasteiger charge is -2.32. The number of hydrogen-bond donors (Lipinski definition) is 0. The van der Waals surface area contributed by atoms with Gasteiger partial charge in [-0.05, 0) is 25.3 Å². The summed E-state index contributed by atoms with van der Waals surface area (Å²) in [6.07, 6.45) is 2.04. The van der Waals surface area contributed by atoms with E-state index in [1.807, 2.05) is 49.1 Å². The minimum Gasteiger partial charge on any atom is -0.469 e. The van der Waals surface area contributed by atoms with Crippen molar-refractivity contribution in [3.8, 4) is 0 Å². The lowest BCUT2D eigenvalue weighted by atomic mass is 9.98. The van der Waals surface area contributed by atoms with Crippen LogP contribution in [0.25, 0.3) is 0 Å². The van der Waals surface area contributed by atoms with Crippen molar-refractivity contribution in [2.75, 3.05) is 7.11 Å². The zero-order chi connectivity index (χ0) is 15.4. The fraction of sp³-hybridized carbons (Fsp3) is 0.529. The molecule has 0 bridgehead atoms. The number of hydrogen-bond acceptors (Lipinski definition) is 3. The van der Waals surface area contributed by atoms with E-state index in [1.54, 1.807) is 0 Å². The molecular formula is C17H23NO3. The summed E-state index contributed by atoms with van der Waals surface area (Å²) in [5.74, 6) is -0.216. The fourth-order valence-corrected chi connectivity index (χ4v) is 3.12. The third-order valence-corrected chi connectivity index (χ3v) is 4.30. The van der Waals surface area contributed by atoms with Gasteiger partial charge in [-0.25, -0.2) is 0 Å². The number of carbonyl (C=O) groups is 2. The van der Waals surface area contributed by atoms with Crippen molar-refractivity contribution in [2.24, 2.45) is 5.92 Å². The number of methoxy groups -OCH3 is 1. The summed E-state index contributed by atoms with van der Waals surface area (Å²) < 4.78 is 4.79. The second-order valence-corrected chi connectivity index (χ2v) is 5.74. The molecule has 0 aliphatic carbocycles. The Morgan fingerprint density at radius 2 is 2.00 bits per heavy atom. The average molecular weight is 289 g/mol. The molecule has 1 saturated heterocycles. The monoisotopic (exact) mass is 289 g/mol. The number of benzene rings is 1. The first-order chi connectivity index (χ1) is 10.0. The number of carbonyl (C=O) groups excluding carboxylic acids is 2. The topological polar surface area (TPSA) is 46.6 Å². The molecule has 4 heteroatoms. The van der Waals surface area contributed by atoms with Gasteiger partial charge in [0, 0.05) is 12.5 Å². The predicted octanol–water partition coefficient (Wildman–Crippen LogP) is 2.94. The summed E-state index contributed by atoms with van der Waals surface area (Å²) in [6, 6.07) is 10.2. The Hall–Kier alpha value is -1.84. The lowest BCUT2D eigenvalue weighted by Crippen LogP contribution is -2.37. The smallest absolute Gasteiger partial charge is 0.308 e. The molecule has 1 aromatic rings. The molecule has 4 nitrogen and oxygen atoms in total. The van der Waals surface area contributed by atoms with E-state index in [0.717, 1.165) is 12.0 Å². The average Bonchev–Trinajstić information content (AvgIpc) is 2.87. The van der Waals surface area contributed by atoms with Crippen molar-refractivity contribution in [1.29, 1.82) is 0 Å². The zero-order valence-corrected chi connectivity index (χ0v) is 12.9. The third-order valence-electron chi connectivity index (χ3n) is 4.30. The van der Waals surface area contributed by atoms with E-state index in [1.165, 1.54) is 7.11 Å². The van der Waals surface area contributed by atoms with Gasteiger partial charge in [-0.1, -0.05) is 37.3 Å². The largest absolute Gasteiger partial charge is 0.469 e. The molecule has 0 radical (unpaired) electrons. The molecule has 1 aromatic carbocycles. The van der Waals surface area contributed by atoms with Crippen LogP contribution in [0.15, 0.2) is 30.3 Å². The minimum absolute atomic E-state index is 0.0380. The molecule has 1 aliphatic heterocycles. The van der Waals surface area contributed by atoms with Gasteiger partial charge in [-0.15, -0.1) is 0 Å². The molecule has 0 spiro atoms. The lowest BCUT2D eigenvalue weighted by molar-refractivity contribution is -0.146. The Labute approximate surface area is 126 Å². The van der Waals surface area contributed by atoms with Crippen molar-refractivity contribution in [2.45, 2.75) is 45.2 Å². The van der Waals surface area contributed by atoms with Crippen molar-refractivity contribution in [3.05, 3.63) is 35.9 Å². The highest BCUT2D eigenvalue weighted by Crippen LogP contribution is 2.33. The van der Waals surface area contributed by atoms with Crippen LogP contribution < -0.4 is 0 Å². The predicted molar refractivity (Wildman–Crippen MR) is 80.5 cm³/mol. The van der Waals surface area contributed by atoms with Gasteiger partial charge in [0.15, 0.2) is 0 Å². The van der Waals surface area contributed by atoms with Crippen LogP contribution in [0.1, 0.15) is 44.7 Å². The first kappa shape index (κ1) is 15.5. The number of amides is 1. The van der Waals surface area contributed by atoms with Crippen molar-refractivity contribution in [1.82, 2.24) is 4.90 Å². The van der Waals surface area contributed by atoms with Gasteiger partial charge in [0.2, 0.25) is 5.91 Å². The van der Waals surface area contributed by atoms with Gasteiger partial charge in [-0.2, -0.15) is 0 Å². The van der Waals surface area contributed by atoms with E-state index >= 15 is 0 Å². The maximum absolute atomic E-state index is 12.2. The Morgan fingerprint density at radius 1 is 1.33 bits per heavy atom. The number of ether oxygens (including phenoxy) is 1. The summed E-state index contributed by atoms with van der Waals surface area (Å²) in [5.41, 5.74) is 1.13. The van der Waals surface area contributed by atoms with Crippen LogP contribution in [0.3, 0.4) is 0 Å². The number of nitrogens with zero attached hydrogens (tertiary/aromatic N) is 1. The second-order valence-electron chi connectivity index (χ2n) is 5.74. The quantitative estimate of drug-likeness (QED) is 0.783. The standard InChI is InChI=1S/C17H23NO3/c1-12(17(20)21-3)11-15-9-10-16(19)18(15)13(2)14-7-5-4-6-8-14/h4-8,12-13,15H,9-11H2,1-3H3/t12-,13-,15-/m0/s1.